The Morgan fingerprint density at radius 1 is 1.17 bits per heavy atom. The third-order valence-corrected chi connectivity index (χ3v) is 7.16. The number of fused-ring (bicyclic) bond motifs is 1. The highest BCUT2D eigenvalue weighted by molar-refractivity contribution is 5.09. The van der Waals surface area contributed by atoms with E-state index in [9.17, 15) is 10.2 Å². The first-order valence-electron chi connectivity index (χ1n) is 9.23. The van der Waals surface area contributed by atoms with E-state index in [4.69, 9.17) is 5.11 Å². The molecule has 0 heterocycles. The predicted octanol–water partition coefficient (Wildman–Crippen LogP) is 3.67. The van der Waals surface area contributed by atoms with Crippen LogP contribution in [0.1, 0.15) is 72.6 Å². The van der Waals surface area contributed by atoms with Gasteiger partial charge in [-0.15, -0.1) is 0 Å². The third-order valence-electron chi connectivity index (χ3n) is 7.16. The first kappa shape index (κ1) is 19.0. The topological polar surface area (TPSA) is 60.7 Å². The number of hydrogen-bond acceptors (Lipinski definition) is 3. The van der Waals surface area contributed by atoms with Crippen molar-refractivity contribution in [3.05, 3.63) is 12.2 Å². The minimum atomic E-state index is -0.838. The number of rotatable bonds is 5. The van der Waals surface area contributed by atoms with Gasteiger partial charge < -0.3 is 15.3 Å². The molecule has 0 aliphatic heterocycles. The van der Waals surface area contributed by atoms with Crippen molar-refractivity contribution in [3.63, 3.8) is 0 Å². The van der Waals surface area contributed by atoms with Gasteiger partial charge in [-0.2, -0.15) is 0 Å². The van der Waals surface area contributed by atoms with Crippen LogP contribution in [0, 0.1) is 22.7 Å². The lowest BCUT2D eigenvalue weighted by molar-refractivity contribution is -0.169. The normalized spacial score (nSPS) is 41.2. The molecule has 0 aromatic carbocycles. The summed E-state index contributed by atoms with van der Waals surface area (Å²) in [5.74, 6) is 0.862. The molecule has 3 nitrogen and oxygen atoms in total. The van der Waals surface area contributed by atoms with Gasteiger partial charge in [-0.25, -0.2) is 0 Å². The lowest BCUT2D eigenvalue weighted by Gasteiger charge is -2.61. The van der Waals surface area contributed by atoms with Gasteiger partial charge in [0.1, 0.15) is 0 Å². The second-order valence-corrected chi connectivity index (χ2v) is 9.24. The number of hydrogen-bond donors (Lipinski definition) is 3. The Kier molecular flexibility index (Phi) is 5.35. The summed E-state index contributed by atoms with van der Waals surface area (Å²) in [4.78, 5) is 0. The molecular weight excluding hydrogens is 288 g/mol. The minimum Gasteiger partial charge on any atom is -0.393 e. The van der Waals surface area contributed by atoms with Gasteiger partial charge in [0, 0.05) is 0 Å². The van der Waals surface area contributed by atoms with Crippen LogP contribution in [0.3, 0.4) is 0 Å². The van der Waals surface area contributed by atoms with E-state index >= 15 is 0 Å². The second kappa shape index (κ2) is 6.50. The highest BCUT2D eigenvalue weighted by Gasteiger charge is 2.57. The molecule has 0 radical (unpaired) electrons. The van der Waals surface area contributed by atoms with E-state index < -0.39 is 11.7 Å². The zero-order valence-electron chi connectivity index (χ0n) is 15.4. The molecule has 5 atom stereocenters. The summed E-state index contributed by atoms with van der Waals surface area (Å²) in [6.45, 7) is 12.8. The summed E-state index contributed by atoms with van der Waals surface area (Å²) in [5.41, 5.74) is 0.518. The van der Waals surface area contributed by atoms with Crippen molar-refractivity contribution in [1.82, 2.24) is 0 Å². The fourth-order valence-corrected chi connectivity index (χ4v) is 5.89. The molecule has 0 spiro atoms. The van der Waals surface area contributed by atoms with E-state index in [1.807, 2.05) is 6.92 Å². The van der Waals surface area contributed by atoms with Crippen molar-refractivity contribution in [3.8, 4) is 0 Å². The molecule has 2 saturated carbocycles. The molecule has 0 unspecified atom stereocenters. The zero-order chi connectivity index (χ0) is 17.5. The Morgan fingerprint density at radius 3 is 2.43 bits per heavy atom. The second-order valence-electron chi connectivity index (χ2n) is 9.24. The number of aliphatic hydroxyl groups excluding tert-OH is 2. The Bertz CT molecular complexity index is 440. The first-order valence-corrected chi connectivity index (χ1v) is 9.23. The Morgan fingerprint density at radius 2 is 1.83 bits per heavy atom. The van der Waals surface area contributed by atoms with Gasteiger partial charge in [-0.05, 0) is 73.7 Å². The molecular formula is C20H36O3. The van der Waals surface area contributed by atoms with Crippen molar-refractivity contribution in [1.29, 1.82) is 0 Å². The summed E-state index contributed by atoms with van der Waals surface area (Å²) in [7, 11) is 0. The van der Waals surface area contributed by atoms with E-state index in [2.05, 4.69) is 27.4 Å². The van der Waals surface area contributed by atoms with Crippen LogP contribution in [0.2, 0.25) is 0 Å². The monoisotopic (exact) mass is 324 g/mol. The maximum Gasteiger partial charge on any atom is 0.0978 e. The molecule has 23 heavy (non-hydrogen) atoms. The van der Waals surface area contributed by atoms with Crippen LogP contribution in [0.15, 0.2) is 12.2 Å². The SMILES string of the molecule is C=C(CC[C@@H]1[C@]2(C)CCCC(C)(C)[C@H]2CC[C@@]1(C)O)[C@H](O)CO. The van der Waals surface area contributed by atoms with Crippen molar-refractivity contribution in [2.75, 3.05) is 6.61 Å². The number of aliphatic hydroxyl groups is 3. The highest BCUT2D eigenvalue weighted by Crippen LogP contribution is 2.62. The standard InChI is InChI=1S/C20H36O3/c1-14(15(22)13-21)7-8-17-19(4)11-6-10-18(2,3)16(19)9-12-20(17,5)23/h15-17,21-23H,1,6-13H2,2-5H3/t15-,16-,17-,19-,20-/m1/s1. The van der Waals surface area contributed by atoms with Gasteiger partial charge >= 0.3 is 0 Å². The minimum absolute atomic E-state index is 0.147. The van der Waals surface area contributed by atoms with Crippen LogP contribution in [0.4, 0.5) is 0 Å². The van der Waals surface area contributed by atoms with Gasteiger partial charge in [0.05, 0.1) is 18.3 Å². The third kappa shape index (κ3) is 3.52. The van der Waals surface area contributed by atoms with Gasteiger partial charge in [0.25, 0.3) is 0 Å². The van der Waals surface area contributed by atoms with Crippen LogP contribution >= 0.6 is 0 Å². The summed E-state index contributed by atoms with van der Waals surface area (Å²) in [5, 5.41) is 29.9. The van der Waals surface area contributed by atoms with Crippen molar-refractivity contribution >= 4 is 0 Å². The molecule has 2 aliphatic carbocycles. The van der Waals surface area contributed by atoms with E-state index in [1.54, 1.807) is 0 Å². The Balaban J connectivity index is 2.21. The van der Waals surface area contributed by atoms with Gasteiger partial charge in [0.2, 0.25) is 0 Å². The quantitative estimate of drug-likeness (QED) is 0.676. The largest absolute Gasteiger partial charge is 0.393 e. The smallest absolute Gasteiger partial charge is 0.0978 e. The van der Waals surface area contributed by atoms with Crippen LogP contribution in [0.5, 0.6) is 0 Å². The molecule has 2 fully saturated rings. The molecule has 0 saturated heterocycles. The molecule has 3 heteroatoms. The zero-order valence-corrected chi connectivity index (χ0v) is 15.4. The molecule has 2 aliphatic rings. The lowest BCUT2D eigenvalue weighted by Crippen LogP contribution is -2.57. The average Bonchev–Trinajstić information content (AvgIpc) is 2.43. The first-order chi connectivity index (χ1) is 10.5. The van der Waals surface area contributed by atoms with Crippen LogP contribution < -0.4 is 0 Å². The van der Waals surface area contributed by atoms with Crippen molar-refractivity contribution < 1.29 is 15.3 Å². The van der Waals surface area contributed by atoms with E-state index in [-0.39, 0.29) is 17.9 Å². The molecule has 0 bridgehead atoms. The van der Waals surface area contributed by atoms with E-state index in [0.29, 0.717) is 23.3 Å². The highest BCUT2D eigenvalue weighted by atomic mass is 16.3. The van der Waals surface area contributed by atoms with Gasteiger partial charge in [-0.3, -0.25) is 0 Å². The molecule has 2 rings (SSSR count). The average molecular weight is 325 g/mol. The Labute approximate surface area is 141 Å². The fraction of sp³-hybridized carbons (Fsp3) is 0.900. The summed E-state index contributed by atoms with van der Waals surface area (Å²) in [6.07, 6.45) is 6.32. The molecule has 0 aromatic rings. The molecule has 0 amide bonds. The van der Waals surface area contributed by atoms with Crippen LogP contribution in [-0.2, 0) is 0 Å². The van der Waals surface area contributed by atoms with Crippen LogP contribution in [-0.4, -0.2) is 33.6 Å². The van der Waals surface area contributed by atoms with E-state index in [1.165, 1.54) is 19.3 Å². The van der Waals surface area contributed by atoms with E-state index in [0.717, 1.165) is 19.3 Å². The van der Waals surface area contributed by atoms with Crippen molar-refractivity contribution in [2.45, 2.75) is 84.3 Å². The van der Waals surface area contributed by atoms with Gasteiger partial charge in [0.15, 0.2) is 0 Å². The summed E-state index contributed by atoms with van der Waals surface area (Å²) in [6, 6.07) is 0. The van der Waals surface area contributed by atoms with Crippen LogP contribution in [0.25, 0.3) is 0 Å². The maximum absolute atomic E-state index is 11.1. The molecule has 3 N–H and O–H groups in total. The summed E-state index contributed by atoms with van der Waals surface area (Å²) < 4.78 is 0. The van der Waals surface area contributed by atoms with Crippen molar-refractivity contribution in [2.24, 2.45) is 22.7 Å². The fourth-order valence-electron chi connectivity index (χ4n) is 5.89. The lowest BCUT2D eigenvalue weighted by atomic mass is 9.45. The molecule has 0 aromatic heterocycles. The predicted molar refractivity (Wildman–Crippen MR) is 94.0 cm³/mol. The summed E-state index contributed by atoms with van der Waals surface area (Å²) >= 11 is 0. The van der Waals surface area contributed by atoms with Gasteiger partial charge in [-0.1, -0.05) is 33.8 Å². The maximum atomic E-state index is 11.1. The Hall–Kier alpha value is -0.380. The molecule has 134 valence electrons.